The van der Waals surface area contributed by atoms with Crippen molar-refractivity contribution in [3.05, 3.63) is 12.2 Å². The van der Waals surface area contributed by atoms with Crippen LogP contribution in [0, 0.1) is 39.9 Å². The summed E-state index contributed by atoms with van der Waals surface area (Å²) in [6.07, 6.45) is 4.26. The predicted molar refractivity (Wildman–Crippen MR) is 98.6 cm³/mol. The molecule has 0 radical (unpaired) electrons. The third-order valence-corrected chi connectivity index (χ3v) is 8.56. The van der Waals surface area contributed by atoms with E-state index in [1.54, 1.807) is 0 Å². The van der Waals surface area contributed by atoms with Gasteiger partial charge in [0.15, 0.2) is 11.6 Å². The highest BCUT2D eigenvalue weighted by molar-refractivity contribution is 6.17. The average molecular weight is 374 g/mol. The number of rotatable bonds is 2. The maximum Gasteiger partial charge on any atom is 0.312 e. The highest BCUT2D eigenvalue weighted by Crippen LogP contribution is 2.71. The molecule has 0 saturated heterocycles. The molecule has 5 saturated carbocycles. The molecule has 1 N–H and O–H groups in total. The van der Waals surface area contributed by atoms with Crippen molar-refractivity contribution in [2.75, 3.05) is 13.7 Å². The van der Waals surface area contributed by atoms with Gasteiger partial charge in [0, 0.05) is 5.92 Å². The number of hydrogen-bond donors (Lipinski definition) is 1. The highest BCUT2D eigenvalue weighted by atomic mass is 16.5. The van der Waals surface area contributed by atoms with E-state index < -0.39 is 16.7 Å². The monoisotopic (exact) mass is 374 g/mol. The van der Waals surface area contributed by atoms with Crippen molar-refractivity contribution in [1.29, 1.82) is 0 Å². The second kappa shape index (κ2) is 5.76. The molecule has 0 amide bonds. The Balaban J connectivity index is 2.00. The maximum atomic E-state index is 13.7. The number of aliphatic hydroxyl groups excluding tert-OH is 1. The number of allylic oxidation sites excluding steroid dienone is 1. The first kappa shape index (κ1) is 18.9. The smallest absolute Gasteiger partial charge is 0.312 e. The minimum atomic E-state index is -1.20. The zero-order valence-electron chi connectivity index (χ0n) is 16.5. The van der Waals surface area contributed by atoms with Gasteiger partial charge in [0.05, 0.1) is 24.5 Å². The Morgan fingerprint density at radius 1 is 1.26 bits per heavy atom. The van der Waals surface area contributed by atoms with Crippen molar-refractivity contribution < 1.29 is 24.2 Å². The molecule has 5 nitrogen and oxygen atoms in total. The van der Waals surface area contributed by atoms with Gasteiger partial charge in [-0.3, -0.25) is 14.4 Å². The van der Waals surface area contributed by atoms with Gasteiger partial charge in [-0.05, 0) is 60.8 Å². The molecule has 5 rings (SSSR count). The topological polar surface area (TPSA) is 80.7 Å². The number of aliphatic hydroxyl groups is 1. The molecule has 5 fully saturated rings. The van der Waals surface area contributed by atoms with Crippen LogP contribution in [0.3, 0.4) is 0 Å². The van der Waals surface area contributed by atoms with Gasteiger partial charge in [-0.2, -0.15) is 0 Å². The van der Waals surface area contributed by atoms with E-state index in [2.05, 4.69) is 20.4 Å². The first-order chi connectivity index (χ1) is 12.7. The van der Waals surface area contributed by atoms with E-state index in [4.69, 9.17) is 4.74 Å². The minimum absolute atomic E-state index is 0.0510. The van der Waals surface area contributed by atoms with Gasteiger partial charge in [-0.1, -0.05) is 26.8 Å². The van der Waals surface area contributed by atoms with Gasteiger partial charge in [0.1, 0.15) is 0 Å². The number of hydrogen-bond acceptors (Lipinski definition) is 5. The van der Waals surface area contributed by atoms with Crippen LogP contribution >= 0.6 is 0 Å². The summed E-state index contributed by atoms with van der Waals surface area (Å²) in [7, 11) is 1.40. The molecule has 0 aromatic rings. The molecule has 5 aliphatic carbocycles. The summed E-state index contributed by atoms with van der Waals surface area (Å²) in [6.45, 7) is 7.83. The largest absolute Gasteiger partial charge is 0.469 e. The Kier molecular flexibility index (Phi) is 4.02. The number of Topliss-reactive ketones (excluding diaryl/α,β-unsaturated/α-hetero) is 2. The third-order valence-electron chi connectivity index (χ3n) is 8.56. The molecule has 0 aliphatic heterocycles. The molecule has 6 atom stereocenters. The van der Waals surface area contributed by atoms with E-state index in [0.29, 0.717) is 24.8 Å². The normalized spacial score (nSPS) is 45.3. The average Bonchev–Trinajstić information content (AvgIpc) is 2.65. The van der Waals surface area contributed by atoms with E-state index in [-0.39, 0.29) is 47.3 Å². The number of esters is 1. The van der Waals surface area contributed by atoms with Crippen LogP contribution in [0.5, 0.6) is 0 Å². The Morgan fingerprint density at radius 3 is 2.59 bits per heavy atom. The minimum Gasteiger partial charge on any atom is -0.469 e. The molecule has 0 aromatic heterocycles. The highest BCUT2D eigenvalue weighted by Gasteiger charge is 2.76. The zero-order chi connectivity index (χ0) is 19.8. The van der Waals surface area contributed by atoms with E-state index >= 15 is 0 Å². The van der Waals surface area contributed by atoms with E-state index in [9.17, 15) is 19.5 Å². The lowest BCUT2D eigenvalue weighted by Gasteiger charge is -2.67. The van der Waals surface area contributed by atoms with Crippen LogP contribution < -0.4 is 0 Å². The van der Waals surface area contributed by atoms with Gasteiger partial charge >= 0.3 is 5.97 Å². The van der Waals surface area contributed by atoms with Crippen LogP contribution in [-0.4, -0.2) is 36.4 Å². The van der Waals surface area contributed by atoms with E-state index in [0.717, 1.165) is 19.3 Å². The number of carbonyl (C=O) groups excluding carboxylic acids is 3. The van der Waals surface area contributed by atoms with E-state index in [1.807, 2.05) is 0 Å². The SMILES string of the molecule is C=C1C(=O)[C@]23CC[C@H]1CC2C1(C(=O)OC)CCCC(C)(C)C1[C@H](CO)C3=O. The number of ketones is 2. The summed E-state index contributed by atoms with van der Waals surface area (Å²) >= 11 is 0. The predicted octanol–water partition coefficient (Wildman–Crippen LogP) is 2.70. The second-order valence-electron chi connectivity index (χ2n) is 9.85. The molecule has 0 heterocycles. The summed E-state index contributed by atoms with van der Waals surface area (Å²) in [5.41, 5.74) is -1.83. The lowest BCUT2D eigenvalue weighted by Crippen LogP contribution is -2.72. The Morgan fingerprint density at radius 2 is 1.96 bits per heavy atom. The first-order valence-corrected chi connectivity index (χ1v) is 10.2. The van der Waals surface area contributed by atoms with Gasteiger partial charge in [-0.25, -0.2) is 0 Å². The van der Waals surface area contributed by atoms with Crippen LogP contribution in [0.4, 0.5) is 0 Å². The van der Waals surface area contributed by atoms with Crippen LogP contribution in [0.2, 0.25) is 0 Å². The summed E-state index contributed by atoms with van der Waals surface area (Å²) in [6, 6.07) is 0. The molecule has 5 heteroatoms. The van der Waals surface area contributed by atoms with Crippen LogP contribution in [0.25, 0.3) is 0 Å². The van der Waals surface area contributed by atoms with Crippen LogP contribution in [-0.2, 0) is 19.1 Å². The van der Waals surface area contributed by atoms with Crippen molar-refractivity contribution in [3.63, 3.8) is 0 Å². The molecule has 3 unspecified atom stereocenters. The van der Waals surface area contributed by atoms with Gasteiger partial charge in [0.25, 0.3) is 0 Å². The van der Waals surface area contributed by atoms with Gasteiger partial charge in [-0.15, -0.1) is 0 Å². The fourth-order valence-corrected chi connectivity index (χ4v) is 7.67. The molecular formula is C22H30O5. The zero-order valence-corrected chi connectivity index (χ0v) is 16.5. The van der Waals surface area contributed by atoms with Gasteiger partial charge < -0.3 is 9.84 Å². The number of ether oxygens (including phenoxy) is 1. The van der Waals surface area contributed by atoms with Crippen molar-refractivity contribution in [1.82, 2.24) is 0 Å². The third kappa shape index (κ3) is 2.01. The Hall–Kier alpha value is -1.49. The van der Waals surface area contributed by atoms with Crippen LogP contribution in [0.1, 0.15) is 52.4 Å². The summed E-state index contributed by atoms with van der Waals surface area (Å²) < 4.78 is 5.32. The number of methoxy groups -OCH3 is 1. The van der Waals surface area contributed by atoms with Crippen molar-refractivity contribution in [2.45, 2.75) is 52.4 Å². The first-order valence-electron chi connectivity index (χ1n) is 10.2. The lowest BCUT2D eigenvalue weighted by atomic mass is 9.34. The Bertz CT molecular complexity index is 737. The molecule has 148 valence electrons. The van der Waals surface area contributed by atoms with Gasteiger partial charge in [0.2, 0.25) is 0 Å². The fraction of sp³-hybridized carbons (Fsp3) is 0.773. The molecule has 1 spiro atoms. The standard InChI is InChI=1S/C22H30O5/c1-12-13-6-9-22(17(12)24)15(10-13)21(19(26)27-4)8-5-7-20(2,3)16(21)14(11-23)18(22)25/h13-16,23H,1,5-11H2,2-4H3/t13-,14-,15?,16?,21?,22-/m0/s1. The number of fused-ring (bicyclic) bond motifs is 3. The molecule has 0 aromatic carbocycles. The maximum absolute atomic E-state index is 13.7. The molecule has 27 heavy (non-hydrogen) atoms. The molecular weight excluding hydrogens is 344 g/mol. The quantitative estimate of drug-likeness (QED) is 0.457. The number of carbonyl (C=O) groups is 3. The summed E-state index contributed by atoms with van der Waals surface area (Å²) in [5.74, 6) is -1.94. The van der Waals surface area contributed by atoms with Crippen molar-refractivity contribution in [2.24, 2.45) is 39.9 Å². The fourth-order valence-electron chi connectivity index (χ4n) is 7.67. The lowest BCUT2D eigenvalue weighted by molar-refractivity contribution is -0.215. The van der Waals surface area contributed by atoms with Crippen LogP contribution in [0.15, 0.2) is 12.2 Å². The summed E-state index contributed by atoms with van der Waals surface area (Å²) in [4.78, 5) is 40.4. The van der Waals surface area contributed by atoms with Crippen molar-refractivity contribution >= 4 is 17.5 Å². The molecule has 2 bridgehead atoms. The van der Waals surface area contributed by atoms with E-state index in [1.165, 1.54) is 7.11 Å². The second-order valence-corrected chi connectivity index (χ2v) is 9.85. The van der Waals surface area contributed by atoms with Crippen molar-refractivity contribution in [3.8, 4) is 0 Å². The Labute approximate surface area is 160 Å². The summed E-state index contributed by atoms with van der Waals surface area (Å²) in [5, 5.41) is 10.3. The molecule has 5 aliphatic rings.